The van der Waals surface area contributed by atoms with Crippen LogP contribution in [0.4, 0.5) is 10.1 Å². The fourth-order valence-electron chi connectivity index (χ4n) is 3.19. The molecule has 0 amide bonds. The zero-order valence-corrected chi connectivity index (χ0v) is 10.2. The summed E-state index contributed by atoms with van der Waals surface area (Å²) in [6.07, 6.45) is 3.59. The van der Waals surface area contributed by atoms with Gasteiger partial charge in [0.1, 0.15) is 11.9 Å². The average Bonchev–Trinajstić information content (AvgIpc) is 2.96. The molecular formula is C14H16FN3. The molecule has 94 valence electrons. The van der Waals surface area contributed by atoms with Crippen LogP contribution < -0.4 is 5.32 Å². The number of halogens is 1. The molecule has 2 heterocycles. The molecule has 2 aliphatic rings. The molecule has 0 radical (unpaired) electrons. The Balaban J connectivity index is 1.79. The minimum absolute atomic E-state index is 0.356. The average molecular weight is 245 g/mol. The van der Waals surface area contributed by atoms with Crippen molar-refractivity contribution < 1.29 is 4.39 Å². The van der Waals surface area contributed by atoms with Crippen LogP contribution in [0.3, 0.4) is 0 Å². The van der Waals surface area contributed by atoms with E-state index in [9.17, 15) is 4.39 Å². The molecule has 1 N–H and O–H groups in total. The van der Waals surface area contributed by atoms with E-state index < -0.39 is 0 Å². The first-order chi connectivity index (χ1) is 8.78. The maximum absolute atomic E-state index is 13.1. The summed E-state index contributed by atoms with van der Waals surface area (Å²) in [4.78, 5) is 2.51. The first-order valence-corrected chi connectivity index (χ1v) is 6.48. The number of benzene rings is 1. The van der Waals surface area contributed by atoms with Crippen LogP contribution in [-0.2, 0) is 0 Å². The molecule has 2 atom stereocenters. The fourth-order valence-corrected chi connectivity index (χ4v) is 3.19. The molecule has 0 saturated carbocycles. The molecule has 4 heteroatoms. The Hall–Kier alpha value is -1.60. The highest BCUT2D eigenvalue weighted by Gasteiger charge is 2.37. The number of hydrogen-bond acceptors (Lipinski definition) is 3. The minimum Gasteiger partial charge on any atom is -0.380 e. The number of nitriles is 1. The molecular weight excluding hydrogens is 229 g/mol. The van der Waals surface area contributed by atoms with E-state index in [4.69, 9.17) is 5.26 Å². The molecule has 18 heavy (non-hydrogen) atoms. The van der Waals surface area contributed by atoms with Crippen LogP contribution in [0.25, 0.3) is 0 Å². The minimum atomic E-state index is -0.356. The van der Waals surface area contributed by atoms with Crippen LogP contribution >= 0.6 is 0 Å². The normalized spacial score (nSPS) is 26.9. The van der Waals surface area contributed by atoms with E-state index in [-0.39, 0.29) is 5.82 Å². The van der Waals surface area contributed by atoms with Crippen molar-refractivity contribution in [1.82, 2.24) is 4.90 Å². The van der Waals surface area contributed by atoms with Gasteiger partial charge in [-0.3, -0.25) is 4.90 Å². The van der Waals surface area contributed by atoms with Crippen LogP contribution in [0.1, 0.15) is 24.8 Å². The third-order valence-electron chi connectivity index (χ3n) is 4.05. The van der Waals surface area contributed by atoms with Gasteiger partial charge in [0.15, 0.2) is 0 Å². The maximum atomic E-state index is 13.1. The van der Waals surface area contributed by atoms with Gasteiger partial charge in [0.25, 0.3) is 0 Å². The molecule has 2 unspecified atom stereocenters. The lowest BCUT2D eigenvalue weighted by molar-refractivity contribution is 0.318. The van der Waals surface area contributed by atoms with Gasteiger partial charge in [-0.05, 0) is 44.0 Å². The molecule has 0 spiro atoms. The number of anilines is 1. The second-order valence-electron chi connectivity index (χ2n) is 5.09. The van der Waals surface area contributed by atoms with E-state index in [1.54, 1.807) is 6.07 Å². The topological polar surface area (TPSA) is 39.1 Å². The first kappa shape index (κ1) is 11.5. The van der Waals surface area contributed by atoms with Gasteiger partial charge in [0, 0.05) is 18.6 Å². The lowest BCUT2D eigenvalue weighted by Gasteiger charge is -2.22. The van der Waals surface area contributed by atoms with E-state index in [2.05, 4.69) is 16.3 Å². The molecule has 2 aliphatic heterocycles. The summed E-state index contributed by atoms with van der Waals surface area (Å²) in [7, 11) is 0. The van der Waals surface area contributed by atoms with Crippen LogP contribution in [0.2, 0.25) is 0 Å². The van der Waals surface area contributed by atoms with Crippen molar-refractivity contribution in [2.75, 3.05) is 18.4 Å². The second kappa shape index (κ2) is 4.58. The summed E-state index contributed by atoms with van der Waals surface area (Å²) < 4.78 is 13.1. The Morgan fingerprint density at radius 2 is 2.22 bits per heavy atom. The number of rotatable bonds is 2. The van der Waals surface area contributed by atoms with Crippen molar-refractivity contribution in [3.63, 3.8) is 0 Å². The number of nitrogens with zero attached hydrogens (tertiary/aromatic N) is 2. The van der Waals surface area contributed by atoms with E-state index >= 15 is 0 Å². The van der Waals surface area contributed by atoms with Gasteiger partial charge in [-0.25, -0.2) is 4.39 Å². The molecule has 2 fully saturated rings. The summed E-state index contributed by atoms with van der Waals surface area (Å²) in [5.41, 5.74) is 1.16. The van der Waals surface area contributed by atoms with E-state index in [1.165, 1.54) is 31.5 Å². The Morgan fingerprint density at radius 3 is 3.06 bits per heavy atom. The lowest BCUT2D eigenvalue weighted by Crippen LogP contribution is -2.33. The molecule has 0 aliphatic carbocycles. The van der Waals surface area contributed by atoms with Crippen molar-refractivity contribution in [2.24, 2.45) is 0 Å². The van der Waals surface area contributed by atoms with Crippen LogP contribution in [0, 0.1) is 17.1 Å². The third-order valence-corrected chi connectivity index (χ3v) is 4.05. The predicted molar refractivity (Wildman–Crippen MR) is 67.7 cm³/mol. The highest BCUT2D eigenvalue weighted by molar-refractivity contribution is 5.58. The fraction of sp³-hybridized carbons (Fsp3) is 0.500. The molecule has 0 aromatic heterocycles. The number of fused-ring (bicyclic) bond motifs is 1. The van der Waals surface area contributed by atoms with Gasteiger partial charge < -0.3 is 5.32 Å². The van der Waals surface area contributed by atoms with Crippen molar-refractivity contribution in [3.8, 4) is 6.07 Å². The molecule has 1 aromatic carbocycles. The Kier molecular flexibility index (Phi) is 2.92. The molecule has 3 nitrogen and oxygen atoms in total. The zero-order valence-electron chi connectivity index (χ0n) is 10.2. The van der Waals surface area contributed by atoms with Gasteiger partial charge in [-0.1, -0.05) is 0 Å². The van der Waals surface area contributed by atoms with Crippen LogP contribution in [-0.4, -0.2) is 30.1 Å². The highest BCUT2D eigenvalue weighted by Crippen LogP contribution is 2.30. The van der Waals surface area contributed by atoms with Crippen molar-refractivity contribution in [2.45, 2.75) is 31.3 Å². The SMILES string of the molecule is N#Cc1cc(F)ccc1NC1CCN2CCCC12. The van der Waals surface area contributed by atoms with Crippen LogP contribution in [0.15, 0.2) is 18.2 Å². The summed E-state index contributed by atoms with van der Waals surface area (Å²) in [6, 6.07) is 7.41. The number of hydrogen-bond donors (Lipinski definition) is 1. The number of nitrogens with one attached hydrogen (secondary N) is 1. The quantitative estimate of drug-likeness (QED) is 0.869. The standard InChI is InChI=1S/C14H16FN3/c15-11-3-4-12(10(8-11)9-16)17-13-5-7-18-6-1-2-14(13)18/h3-4,8,13-14,17H,1-2,5-7H2. The maximum Gasteiger partial charge on any atom is 0.124 e. The Morgan fingerprint density at radius 1 is 1.33 bits per heavy atom. The third kappa shape index (κ3) is 1.95. The zero-order chi connectivity index (χ0) is 12.5. The summed E-state index contributed by atoms with van der Waals surface area (Å²) >= 11 is 0. The highest BCUT2D eigenvalue weighted by atomic mass is 19.1. The predicted octanol–water partition coefficient (Wildman–Crippen LogP) is 2.35. The first-order valence-electron chi connectivity index (χ1n) is 6.48. The largest absolute Gasteiger partial charge is 0.380 e. The summed E-state index contributed by atoms with van der Waals surface area (Å²) in [5, 5.41) is 12.5. The van der Waals surface area contributed by atoms with Gasteiger partial charge in [-0.15, -0.1) is 0 Å². The smallest absolute Gasteiger partial charge is 0.124 e. The Bertz CT molecular complexity index is 494. The van der Waals surface area contributed by atoms with E-state index in [1.807, 2.05) is 0 Å². The summed E-state index contributed by atoms with van der Waals surface area (Å²) in [6.45, 7) is 2.32. The van der Waals surface area contributed by atoms with Gasteiger partial charge in [-0.2, -0.15) is 5.26 Å². The van der Waals surface area contributed by atoms with Gasteiger partial charge in [0.05, 0.1) is 11.3 Å². The van der Waals surface area contributed by atoms with E-state index in [0.717, 1.165) is 18.7 Å². The van der Waals surface area contributed by atoms with Crippen molar-refractivity contribution >= 4 is 5.69 Å². The van der Waals surface area contributed by atoms with E-state index in [0.29, 0.717) is 17.6 Å². The molecule has 1 aromatic rings. The molecule has 0 bridgehead atoms. The van der Waals surface area contributed by atoms with Gasteiger partial charge >= 0.3 is 0 Å². The second-order valence-corrected chi connectivity index (χ2v) is 5.09. The molecule has 2 saturated heterocycles. The summed E-state index contributed by atoms with van der Waals surface area (Å²) in [5.74, 6) is -0.356. The Labute approximate surface area is 106 Å². The monoisotopic (exact) mass is 245 g/mol. The lowest BCUT2D eigenvalue weighted by atomic mass is 10.1. The van der Waals surface area contributed by atoms with Crippen molar-refractivity contribution in [1.29, 1.82) is 5.26 Å². The van der Waals surface area contributed by atoms with Crippen LogP contribution in [0.5, 0.6) is 0 Å². The van der Waals surface area contributed by atoms with Gasteiger partial charge in [0.2, 0.25) is 0 Å². The molecule has 3 rings (SSSR count). The van der Waals surface area contributed by atoms with Crippen molar-refractivity contribution in [3.05, 3.63) is 29.6 Å².